The van der Waals surface area contributed by atoms with Crippen LogP contribution in [0.2, 0.25) is 0 Å². The van der Waals surface area contributed by atoms with Gasteiger partial charge < -0.3 is 14.8 Å². The van der Waals surface area contributed by atoms with Crippen molar-refractivity contribution in [2.45, 2.75) is 27.2 Å². The Bertz CT molecular complexity index is 355. The SMILES string of the molecule is Cc1cc(C(=O)NCC(C)(C)CCO)co1. The summed E-state index contributed by atoms with van der Waals surface area (Å²) in [6.45, 7) is 6.48. The molecule has 1 aromatic rings. The van der Waals surface area contributed by atoms with Gasteiger partial charge in [0.25, 0.3) is 5.91 Å². The zero-order chi connectivity index (χ0) is 12.2. The number of aliphatic hydroxyl groups excluding tert-OH is 1. The van der Waals surface area contributed by atoms with Crippen molar-refractivity contribution in [2.24, 2.45) is 5.41 Å². The Labute approximate surface area is 95.7 Å². The number of hydrogen-bond donors (Lipinski definition) is 2. The minimum Gasteiger partial charge on any atom is -0.469 e. The van der Waals surface area contributed by atoms with Crippen molar-refractivity contribution in [3.8, 4) is 0 Å². The third kappa shape index (κ3) is 3.70. The number of carbonyl (C=O) groups excluding carboxylic acids is 1. The zero-order valence-corrected chi connectivity index (χ0v) is 10.0. The molecule has 1 heterocycles. The maximum Gasteiger partial charge on any atom is 0.254 e. The predicted octanol–water partition coefficient (Wildman–Crippen LogP) is 1.73. The van der Waals surface area contributed by atoms with Gasteiger partial charge in [0.1, 0.15) is 12.0 Å². The molecule has 0 atom stereocenters. The molecule has 0 aliphatic rings. The first-order valence-electron chi connectivity index (χ1n) is 5.39. The summed E-state index contributed by atoms with van der Waals surface area (Å²) in [6.07, 6.45) is 2.11. The van der Waals surface area contributed by atoms with Crippen LogP contribution in [0.5, 0.6) is 0 Å². The van der Waals surface area contributed by atoms with Crippen molar-refractivity contribution >= 4 is 5.91 Å². The van der Waals surface area contributed by atoms with Crippen molar-refractivity contribution in [1.82, 2.24) is 5.32 Å². The second kappa shape index (κ2) is 5.16. The highest BCUT2D eigenvalue weighted by atomic mass is 16.3. The van der Waals surface area contributed by atoms with Crippen molar-refractivity contribution in [3.05, 3.63) is 23.7 Å². The van der Waals surface area contributed by atoms with E-state index in [1.807, 2.05) is 13.8 Å². The molecular formula is C12H19NO3. The van der Waals surface area contributed by atoms with Crippen LogP contribution >= 0.6 is 0 Å². The average Bonchev–Trinajstić information content (AvgIpc) is 2.61. The lowest BCUT2D eigenvalue weighted by atomic mass is 9.90. The summed E-state index contributed by atoms with van der Waals surface area (Å²) >= 11 is 0. The third-order valence-electron chi connectivity index (χ3n) is 2.51. The van der Waals surface area contributed by atoms with E-state index >= 15 is 0 Å². The van der Waals surface area contributed by atoms with Crippen LogP contribution in [0.15, 0.2) is 16.7 Å². The van der Waals surface area contributed by atoms with Gasteiger partial charge in [-0.2, -0.15) is 0 Å². The summed E-state index contributed by atoms with van der Waals surface area (Å²) in [5.41, 5.74) is 0.445. The molecule has 0 unspecified atom stereocenters. The topological polar surface area (TPSA) is 62.5 Å². The van der Waals surface area contributed by atoms with Crippen molar-refractivity contribution < 1.29 is 14.3 Å². The molecule has 0 saturated heterocycles. The quantitative estimate of drug-likeness (QED) is 0.802. The monoisotopic (exact) mass is 225 g/mol. The molecule has 90 valence electrons. The van der Waals surface area contributed by atoms with Crippen LogP contribution < -0.4 is 5.32 Å². The molecule has 1 amide bonds. The number of rotatable bonds is 5. The van der Waals surface area contributed by atoms with Crippen LogP contribution in [-0.2, 0) is 0 Å². The molecule has 0 saturated carbocycles. The Hall–Kier alpha value is -1.29. The Morgan fingerprint density at radius 1 is 1.56 bits per heavy atom. The van der Waals surface area contributed by atoms with E-state index < -0.39 is 0 Å². The first-order valence-corrected chi connectivity index (χ1v) is 5.39. The van der Waals surface area contributed by atoms with Gasteiger partial charge in [-0.25, -0.2) is 0 Å². The summed E-state index contributed by atoms with van der Waals surface area (Å²) < 4.78 is 5.06. The highest BCUT2D eigenvalue weighted by molar-refractivity contribution is 5.93. The van der Waals surface area contributed by atoms with E-state index in [1.54, 1.807) is 13.0 Å². The lowest BCUT2D eigenvalue weighted by Crippen LogP contribution is -2.34. The summed E-state index contributed by atoms with van der Waals surface area (Å²) in [4.78, 5) is 11.7. The van der Waals surface area contributed by atoms with Gasteiger partial charge in [0.2, 0.25) is 0 Å². The van der Waals surface area contributed by atoms with Crippen molar-refractivity contribution in [3.63, 3.8) is 0 Å². The van der Waals surface area contributed by atoms with E-state index in [0.717, 1.165) is 5.76 Å². The number of aliphatic hydroxyl groups is 1. The van der Waals surface area contributed by atoms with Crippen LogP contribution in [0, 0.1) is 12.3 Å². The molecule has 2 N–H and O–H groups in total. The molecule has 4 nitrogen and oxygen atoms in total. The molecule has 0 aromatic carbocycles. The van der Waals surface area contributed by atoms with Gasteiger partial charge in [0.15, 0.2) is 0 Å². The van der Waals surface area contributed by atoms with E-state index in [-0.39, 0.29) is 17.9 Å². The second-order valence-electron chi connectivity index (χ2n) is 4.77. The van der Waals surface area contributed by atoms with Crippen LogP contribution in [0.3, 0.4) is 0 Å². The van der Waals surface area contributed by atoms with Crippen LogP contribution in [0.25, 0.3) is 0 Å². The molecule has 0 aliphatic heterocycles. The Kier molecular flexibility index (Phi) is 4.12. The lowest BCUT2D eigenvalue weighted by Gasteiger charge is -2.23. The molecule has 1 rings (SSSR count). The Morgan fingerprint density at radius 3 is 2.75 bits per heavy atom. The minimum absolute atomic E-state index is 0.0941. The van der Waals surface area contributed by atoms with Crippen LogP contribution in [-0.4, -0.2) is 24.2 Å². The van der Waals surface area contributed by atoms with Gasteiger partial charge in [0.05, 0.1) is 5.56 Å². The highest BCUT2D eigenvalue weighted by Crippen LogP contribution is 2.18. The molecule has 0 fully saturated rings. The standard InChI is InChI=1S/C12H19NO3/c1-9-6-10(7-16-9)11(15)13-8-12(2,3)4-5-14/h6-7,14H,4-5,8H2,1-3H3,(H,13,15). The fraction of sp³-hybridized carbons (Fsp3) is 0.583. The fourth-order valence-electron chi connectivity index (χ4n) is 1.38. The first kappa shape index (κ1) is 12.8. The van der Waals surface area contributed by atoms with E-state index in [0.29, 0.717) is 18.5 Å². The van der Waals surface area contributed by atoms with E-state index in [9.17, 15) is 4.79 Å². The first-order chi connectivity index (χ1) is 7.44. The maximum atomic E-state index is 11.7. The molecule has 0 aliphatic carbocycles. The van der Waals surface area contributed by atoms with Crippen LogP contribution in [0.4, 0.5) is 0 Å². The van der Waals surface area contributed by atoms with E-state index in [2.05, 4.69) is 5.32 Å². The highest BCUT2D eigenvalue weighted by Gasteiger charge is 2.19. The summed E-state index contributed by atoms with van der Waals surface area (Å²) in [5.74, 6) is 0.586. The van der Waals surface area contributed by atoms with E-state index in [1.165, 1.54) is 6.26 Å². The Balaban J connectivity index is 2.47. The molecule has 0 radical (unpaired) electrons. The Morgan fingerprint density at radius 2 is 2.25 bits per heavy atom. The van der Waals surface area contributed by atoms with Gasteiger partial charge in [-0.05, 0) is 24.8 Å². The molecule has 0 bridgehead atoms. The van der Waals surface area contributed by atoms with Gasteiger partial charge in [-0.3, -0.25) is 4.79 Å². The number of aryl methyl sites for hydroxylation is 1. The van der Waals surface area contributed by atoms with Gasteiger partial charge in [0, 0.05) is 13.2 Å². The largest absolute Gasteiger partial charge is 0.469 e. The average molecular weight is 225 g/mol. The molecular weight excluding hydrogens is 206 g/mol. The number of hydrogen-bond acceptors (Lipinski definition) is 3. The summed E-state index contributed by atoms with van der Waals surface area (Å²) in [7, 11) is 0. The van der Waals surface area contributed by atoms with Crippen LogP contribution in [0.1, 0.15) is 36.4 Å². The second-order valence-corrected chi connectivity index (χ2v) is 4.77. The third-order valence-corrected chi connectivity index (χ3v) is 2.51. The van der Waals surface area contributed by atoms with Gasteiger partial charge in [-0.15, -0.1) is 0 Å². The van der Waals surface area contributed by atoms with Crippen molar-refractivity contribution in [2.75, 3.05) is 13.2 Å². The predicted molar refractivity (Wildman–Crippen MR) is 61.3 cm³/mol. The normalized spacial score (nSPS) is 11.5. The number of nitrogens with one attached hydrogen (secondary N) is 1. The zero-order valence-electron chi connectivity index (χ0n) is 10.0. The molecule has 1 aromatic heterocycles. The van der Waals surface area contributed by atoms with E-state index in [4.69, 9.17) is 9.52 Å². The fourth-order valence-corrected chi connectivity index (χ4v) is 1.38. The molecule has 16 heavy (non-hydrogen) atoms. The number of amides is 1. The molecule has 0 spiro atoms. The number of furan rings is 1. The summed E-state index contributed by atoms with van der Waals surface area (Å²) in [6, 6.07) is 1.70. The smallest absolute Gasteiger partial charge is 0.254 e. The summed E-state index contributed by atoms with van der Waals surface area (Å²) in [5, 5.41) is 11.7. The minimum atomic E-state index is -0.136. The van der Waals surface area contributed by atoms with Crippen molar-refractivity contribution in [1.29, 1.82) is 0 Å². The lowest BCUT2D eigenvalue weighted by molar-refractivity contribution is 0.0927. The maximum absolute atomic E-state index is 11.7. The van der Waals surface area contributed by atoms with Gasteiger partial charge in [-0.1, -0.05) is 13.8 Å². The number of carbonyl (C=O) groups is 1. The molecule has 4 heteroatoms. The van der Waals surface area contributed by atoms with Gasteiger partial charge >= 0.3 is 0 Å².